The van der Waals surface area contributed by atoms with Crippen molar-refractivity contribution in [1.29, 1.82) is 0 Å². The fraction of sp³-hybridized carbons (Fsp3) is 0.419. The van der Waals surface area contributed by atoms with Crippen LogP contribution in [0.15, 0.2) is 42.7 Å². The Balaban J connectivity index is 1.66. The van der Waals surface area contributed by atoms with Crippen molar-refractivity contribution in [3.05, 3.63) is 76.4 Å². The molecule has 5 rings (SSSR count). The van der Waals surface area contributed by atoms with E-state index in [2.05, 4.69) is 16.0 Å². The number of alkyl halides is 6. The van der Waals surface area contributed by atoms with Crippen molar-refractivity contribution in [2.75, 3.05) is 24.5 Å². The number of aryl methyl sites for hydroxylation is 1. The van der Waals surface area contributed by atoms with Crippen LogP contribution in [0, 0.1) is 18.3 Å². The average Bonchev–Trinajstić information content (AvgIpc) is 3.51. The number of ether oxygens (including phenoxy) is 1. The molecule has 0 spiro atoms. The number of anilines is 1. The number of terminal acetylenes is 1. The molecule has 2 heterocycles. The van der Waals surface area contributed by atoms with E-state index in [0.717, 1.165) is 12.1 Å². The molecule has 15 heteroatoms. The van der Waals surface area contributed by atoms with Crippen LogP contribution < -0.4 is 10.6 Å². The topological polar surface area (TPSA) is 107 Å². The van der Waals surface area contributed by atoms with E-state index in [1.54, 1.807) is 18.0 Å². The Labute approximate surface area is 260 Å². The van der Waals surface area contributed by atoms with Gasteiger partial charge in [-0.3, -0.25) is 19.3 Å². The molecule has 2 aliphatic rings. The lowest BCUT2D eigenvalue weighted by atomic mass is 9.58. The minimum Gasteiger partial charge on any atom is -0.430 e. The SMILES string of the molecule is C#CCN(CCN)Cc1cc2c(c(C(F)(F)F)c1)C(OC(=O)C(F)(F)F)N(c1cccc(C3(c4ncn(C)n4)CC(C)C3)c1)C2=O. The van der Waals surface area contributed by atoms with Crippen LogP contribution in [0.5, 0.6) is 0 Å². The predicted octanol–water partition coefficient (Wildman–Crippen LogP) is 4.71. The third kappa shape index (κ3) is 6.06. The van der Waals surface area contributed by atoms with E-state index in [-0.39, 0.29) is 43.3 Å². The molecule has 1 fully saturated rings. The summed E-state index contributed by atoms with van der Waals surface area (Å²) in [6.45, 7) is 2.30. The molecule has 9 nitrogen and oxygen atoms in total. The number of fused-ring (bicyclic) bond motifs is 1. The first-order chi connectivity index (χ1) is 21.6. The average molecular weight is 649 g/mol. The standard InChI is InChI=1S/C31H30F6N6O3/c1-4-9-42(10-8-38)16-19-11-22-24(23(12-19)30(32,33)34)26(46-28(45)31(35,36)37)43(25(22)44)21-7-5-6-20(13-21)29(14-18(2)15-29)27-39-17-41(3)40-27/h1,5-7,11-13,17-18,26H,8-10,14-16,38H2,2-3H3. The molecule has 1 unspecified atom stereocenters. The number of halogens is 6. The summed E-state index contributed by atoms with van der Waals surface area (Å²) >= 11 is 0. The van der Waals surface area contributed by atoms with Gasteiger partial charge in [-0.1, -0.05) is 25.0 Å². The largest absolute Gasteiger partial charge is 0.491 e. The van der Waals surface area contributed by atoms with Gasteiger partial charge in [0.2, 0.25) is 6.23 Å². The van der Waals surface area contributed by atoms with Gasteiger partial charge in [0.25, 0.3) is 5.91 Å². The molecule has 1 aromatic heterocycles. The first kappa shape index (κ1) is 33.0. The smallest absolute Gasteiger partial charge is 0.430 e. The number of benzene rings is 2. The van der Waals surface area contributed by atoms with Gasteiger partial charge in [-0.15, -0.1) is 6.42 Å². The highest BCUT2D eigenvalue weighted by Crippen LogP contribution is 2.52. The Morgan fingerprint density at radius 3 is 2.48 bits per heavy atom. The molecule has 1 atom stereocenters. The van der Waals surface area contributed by atoms with Crippen LogP contribution in [0.3, 0.4) is 0 Å². The van der Waals surface area contributed by atoms with E-state index in [1.807, 2.05) is 6.92 Å². The second-order valence-electron chi connectivity index (χ2n) is 11.6. The molecule has 1 aliphatic heterocycles. The number of hydrogen-bond donors (Lipinski definition) is 1. The van der Waals surface area contributed by atoms with Crippen molar-refractivity contribution < 1.29 is 40.7 Å². The Bertz CT molecular complexity index is 1690. The lowest BCUT2D eigenvalue weighted by Gasteiger charge is -2.45. The number of amides is 1. The number of carbonyl (C=O) groups is 2. The van der Waals surface area contributed by atoms with E-state index in [0.29, 0.717) is 29.1 Å². The van der Waals surface area contributed by atoms with Crippen LogP contribution in [0.25, 0.3) is 0 Å². The van der Waals surface area contributed by atoms with Crippen LogP contribution in [0.1, 0.15) is 64.4 Å². The molecule has 1 saturated carbocycles. The van der Waals surface area contributed by atoms with Crippen molar-refractivity contribution >= 4 is 17.6 Å². The third-order valence-corrected chi connectivity index (χ3v) is 8.19. The van der Waals surface area contributed by atoms with Gasteiger partial charge < -0.3 is 10.5 Å². The number of aromatic nitrogens is 3. The minimum atomic E-state index is -5.55. The maximum Gasteiger partial charge on any atom is 0.491 e. The van der Waals surface area contributed by atoms with Crippen molar-refractivity contribution in [2.24, 2.45) is 18.7 Å². The number of nitrogens with zero attached hydrogens (tertiary/aromatic N) is 5. The first-order valence-corrected chi connectivity index (χ1v) is 14.3. The maximum atomic E-state index is 14.6. The molecule has 0 saturated heterocycles. The summed E-state index contributed by atoms with van der Waals surface area (Å²) in [5.41, 5.74) is 2.58. The van der Waals surface area contributed by atoms with Crippen molar-refractivity contribution in [2.45, 2.75) is 50.3 Å². The van der Waals surface area contributed by atoms with Gasteiger partial charge in [0.05, 0.1) is 17.5 Å². The van der Waals surface area contributed by atoms with Gasteiger partial charge in [-0.25, -0.2) is 9.78 Å². The summed E-state index contributed by atoms with van der Waals surface area (Å²) in [5, 5.41) is 4.45. The predicted molar refractivity (Wildman–Crippen MR) is 153 cm³/mol. The fourth-order valence-corrected chi connectivity index (χ4v) is 6.35. The normalized spacial score (nSPS) is 21.2. The minimum absolute atomic E-state index is 0.0169. The van der Waals surface area contributed by atoms with Gasteiger partial charge in [0, 0.05) is 43.5 Å². The molecule has 1 amide bonds. The van der Waals surface area contributed by atoms with Crippen LogP contribution >= 0.6 is 0 Å². The summed E-state index contributed by atoms with van der Waals surface area (Å²) in [6.07, 6.45) is -4.93. The Kier molecular flexibility index (Phi) is 8.65. The number of carbonyl (C=O) groups excluding carboxylic acids is 2. The molecule has 2 N–H and O–H groups in total. The van der Waals surface area contributed by atoms with Gasteiger partial charge in [0.1, 0.15) is 6.33 Å². The highest BCUT2D eigenvalue weighted by Gasteiger charge is 2.52. The van der Waals surface area contributed by atoms with Gasteiger partial charge in [-0.05, 0) is 54.2 Å². The highest BCUT2D eigenvalue weighted by molar-refractivity contribution is 6.11. The number of hydrogen-bond acceptors (Lipinski definition) is 7. The number of nitrogens with two attached hydrogens (primary N) is 1. The summed E-state index contributed by atoms with van der Waals surface area (Å²) < 4.78 is 90.3. The van der Waals surface area contributed by atoms with E-state index in [4.69, 9.17) is 16.9 Å². The van der Waals surface area contributed by atoms with E-state index in [1.165, 1.54) is 29.2 Å². The van der Waals surface area contributed by atoms with Crippen LogP contribution in [-0.4, -0.2) is 57.4 Å². The monoisotopic (exact) mass is 648 g/mol. The number of rotatable bonds is 9. The summed E-state index contributed by atoms with van der Waals surface area (Å²) in [6, 6.07) is 7.97. The van der Waals surface area contributed by atoms with E-state index >= 15 is 0 Å². The molecule has 2 aromatic carbocycles. The third-order valence-electron chi connectivity index (χ3n) is 8.19. The molecular weight excluding hydrogens is 618 g/mol. The Morgan fingerprint density at radius 2 is 1.91 bits per heavy atom. The summed E-state index contributed by atoms with van der Waals surface area (Å²) in [5.74, 6) is -0.677. The molecular formula is C31H30F6N6O3. The van der Waals surface area contributed by atoms with Crippen molar-refractivity contribution in [1.82, 2.24) is 19.7 Å². The van der Waals surface area contributed by atoms with Gasteiger partial charge in [0.15, 0.2) is 5.82 Å². The lowest BCUT2D eigenvalue weighted by Crippen LogP contribution is -2.42. The molecule has 3 aromatic rings. The highest BCUT2D eigenvalue weighted by atomic mass is 19.4. The zero-order valence-corrected chi connectivity index (χ0v) is 24.8. The Morgan fingerprint density at radius 1 is 1.20 bits per heavy atom. The molecule has 244 valence electrons. The number of esters is 1. The van der Waals surface area contributed by atoms with Crippen molar-refractivity contribution in [3.63, 3.8) is 0 Å². The molecule has 0 radical (unpaired) electrons. The quantitative estimate of drug-likeness (QED) is 0.204. The zero-order chi connectivity index (χ0) is 33.6. The second-order valence-corrected chi connectivity index (χ2v) is 11.6. The fourth-order valence-electron chi connectivity index (χ4n) is 6.35. The summed E-state index contributed by atoms with van der Waals surface area (Å²) in [7, 11) is 1.69. The van der Waals surface area contributed by atoms with Gasteiger partial charge >= 0.3 is 18.3 Å². The van der Waals surface area contributed by atoms with E-state index in [9.17, 15) is 35.9 Å². The Hall–Kier alpha value is -4.42. The molecule has 46 heavy (non-hydrogen) atoms. The van der Waals surface area contributed by atoms with Crippen LogP contribution in [-0.2, 0) is 34.7 Å². The van der Waals surface area contributed by atoms with Crippen LogP contribution in [0.2, 0.25) is 0 Å². The molecule has 1 aliphatic carbocycles. The first-order valence-electron chi connectivity index (χ1n) is 14.3. The zero-order valence-electron chi connectivity index (χ0n) is 24.8. The maximum absolute atomic E-state index is 14.6. The van der Waals surface area contributed by atoms with Crippen molar-refractivity contribution in [3.8, 4) is 12.3 Å². The molecule has 0 bridgehead atoms. The van der Waals surface area contributed by atoms with Crippen LogP contribution in [0.4, 0.5) is 32.0 Å². The second kappa shape index (κ2) is 12.1. The lowest BCUT2D eigenvalue weighted by molar-refractivity contribution is -0.205. The van der Waals surface area contributed by atoms with E-state index < -0.39 is 52.6 Å². The van der Waals surface area contributed by atoms with Gasteiger partial charge in [-0.2, -0.15) is 31.4 Å². The summed E-state index contributed by atoms with van der Waals surface area (Å²) in [4.78, 5) is 32.7.